The first-order chi connectivity index (χ1) is 7.10. The van der Waals surface area contributed by atoms with Gasteiger partial charge in [0.2, 0.25) is 0 Å². The number of carbonyl (C=O) groups is 1. The maximum Gasteiger partial charge on any atom is 0.257 e. The molecule has 0 spiro atoms. The predicted molar refractivity (Wildman–Crippen MR) is 58.4 cm³/mol. The van der Waals surface area contributed by atoms with E-state index in [0.717, 1.165) is 6.42 Å². The monoisotopic (exact) mass is 210 g/mol. The lowest BCUT2D eigenvalue weighted by Gasteiger charge is -2.22. The minimum atomic E-state index is -0.0206. The number of carbonyl (C=O) groups excluding carboxylic acids is 1. The number of hydrogen-bond donors (Lipinski definition) is 1. The molecule has 2 N–H and O–H groups in total. The van der Waals surface area contributed by atoms with Crippen molar-refractivity contribution in [2.45, 2.75) is 32.9 Å². The summed E-state index contributed by atoms with van der Waals surface area (Å²) < 4.78 is 5.13. The van der Waals surface area contributed by atoms with E-state index in [-0.39, 0.29) is 11.9 Å². The molecule has 0 aliphatic rings. The van der Waals surface area contributed by atoms with Gasteiger partial charge in [0.1, 0.15) is 12.0 Å². The first kappa shape index (κ1) is 11.8. The van der Waals surface area contributed by atoms with Crippen molar-refractivity contribution in [3.63, 3.8) is 0 Å². The average molecular weight is 210 g/mol. The summed E-state index contributed by atoms with van der Waals surface area (Å²) in [6.45, 7) is 4.39. The fourth-order valence-corrected chi connectivity index (χ4v) is 1.28. The van der Waals surface area contributed by atoms with Crippen molar-refractivity contribution in [3.05, 3.63) is 23.7 Å². The Morgan fingerprint density at radius 2 is 2.33 bits per heavy atom. The zero-order valence-corrected chi connectivity index (χ0v) is 9.49. The Morgan fingerprint density at radius 3 is 2.80 bits per heavy atom. The molecule has 15 heavy (non-hydrogen) atoms. The van der Waals surface area contributed by atoms with Gasteiger partial charge < -0.3 is 15.1 Å². The van der Waals surface area contributed by atoms with Gasteiger partial charge in [0.05, 0.1) is 12.1 Å². The van der Waals surface area contributed by atoms with E-state index in [0.29, 0.717) is 17.9 Å². The second-order valence-electron chi connectivity index (χ2n) is 3.68. The summed E-state index contributed by atoms with van der Waals surface area (Å²) >= 11 is 0. The summed E-state index contributed by atoms with van der Waals surface area (Å²) in [4.78, 5) is 13.6. The first-order valence-corrected chi connectivity index (χ1v) is 5.14. The number of nitrogens with zero attached hydrogens (tertiary/aromatic N) is 1. The molecule has 0 aromatic carbocycles. The van der Waals surface area contributed by atoms with Gasteiger partial charge in [-0.05, 0) is 19.4 Å². The number of amides is 1. The van der Waals surface area contributed by atoms with Crippen LogP contribution in [0.5, 0.6) is 0 Å². The Labute approximate surface area is 90.0 Å². The van der Waals surface area contributed by atoms with Crippen molar-refractivity contribution in [1.82, 2.24) is 4.90 Å². The molecule has 1 heterocycles. The van der Waals surface area contributed by atoms with Crippen LogP contribution in [0.25, 0.3) is 0 Å². The van der Waals surface area contributed by atoms with E-state index in [4.69, 9.17) is 10.2 Å². The highest BCUT2D eigenvalue weighted by molar-refractivity contribution is 5.94. The third-order valence-electron chi connectivity index (χ3n) is 2.67. The normalized spacial score (nSPS) is 12.5. The minimum Gasteiger partial charge on any atom is -0.467 e. The molecule has 1 atom stereocenters. The van der Waals surface area contributed by atoms with Gasteiger partial charge in [-0.3, -0.25) is 4.79 Å². The highest BCUT2D eigenvalue weighted by Crippen LogP contribution is 2.12. The highest BCUT2D eigenvalue weighted by Gasteiger charge is 2.17. The molecule has 0 saturated carbocycles. The van der Waals surface area contributed by atoms with Gasteiger partial charge in [-0.1, -0.05) is 6.92 Å². The highest BCUT2D eigenvalue weighted by atomic mass is 16.3. The van der Waals surface area contributed by atoms with E-state index in [1.165, 1.54) is 6.26 Å². The summed E-state index contributed by atoms with van der Waals surface area (Å²) in [5.41, 5.74) is 5.97. The molecule has 4 nitrogen and oxygen atoms in total. The number of furan rings is 1. The zero-order valence-electron chi connectivity index (χ0n) is 9.49. The molecule has 1 amide bonds. The molecule has 0 saturated heterocycles. The molecule has 0 aliphatic carbocycles. The van der Waals surface area contributed by atoms with Crippen LogP contribution in [-0.2, 0) is 6.54 Å². The van der Waals surface area contributed by atoms with Crippen LogP contribution >= 0.6 is 0 Å². The second kappa shape index (κ2) is 4.98. The number of nitrogens with two attached hydrogens (primary N) is 1. The van der Waals surface area contributed by atoms with Crippen molar-refractivity contribution in [3.8, 4) is 0 Å². The Kier molecular flexibility index (Phi) is 3.91. The molecular weight excluding hydrogens is 192 g/mol. The summed E-state index contributed by atoms with van der Waals surface area (Å²) in [7, 11) is 1.80. The molecule has 1 aromatic rings. The van der Waals surface area contributed by atoms with Gasteiger partial charge in [0, 0.05) is 13.1 Å². The maximum absolute atomic E-state index is 11.9. The molecule has 0 bridgehead atoms. The van der Waals surface area contributed by atoms with Crippen LogP contribution in [0.4, 0.5) is 0 Å². The van der Waals surface area contributed by atoms with Gasteiger partial charge in [-0.15, -0.1) is 0 Å². The lowest BCUT2D eigenvalue weighted by Crippen LogP contribution is -2.34. The third-order valence-corrected chi connectivity index (χ3v) is 2.67. The van der Waals surface area contributed by atoms with E-state index in [2.05, 4.69) is 6.92 Å². The van der Waals surface area contributed by atoms with E-state index >= 15 is 0 Å². The van der Waals surface area contributed by atoms with Crippen molar-refractivity contribution in [1.29, 1.82) is 0 Å². The van der Waals surface area contributed by atoms with E-state index in [1.807, 2.05) is 6.92 Å². The molecule has 4 heteroatoms. The van der Waals surface area contributed by atoms with Crippen molar-refractivity contribution < 1.29 is 9.21 Å². The molecule has 1 rings (SSSR count). The van der Waals surface area contributed by atoms with Crippen LogP contribution in [0.3, 0.4) is 0 Å². The summed E-state index contributed by atoms with van der Waals surface area (Å²) in [6.07, 6.45) is 2.40. The smallest absolute Gasteiger partial charge is 0.257 e. The van der Waals surface area contributed by atoms with Gasteiger partial charge in [0.25, 0.3) is 5.91 Å². The second-order valence-corrected chi connectivity index (χ2v) is 3.68. The quantitative estimate of drug-likeness (QED) is 0.821. The average Bonchev–Trinajstić information content (AvgIpc) is 2.74. The maximum atomic E-state index is 11.9. The SMILES string of the molecule is CCC(C)N(C)C(=O)c1coc(CN)c1. The molecule has 0 fully saturated rings. The molecule has 0 aliphatic heterocycles. The zero-order chi connectivity index (χ0) is 11.4. The van der Waals surface area contributed by atoms with E-state index in [1.54, 1.807) is 18.0 Å². The van der Waals surface area contributed by atoms with Crippen molar-refractivity contribution in [2.75, 3.05) is 7.05 Å². The predicted octanol–water partition coefficient (Wildman–Crippen LogP) is 1.61. The van der Waals surface area contributed by atoms with E-state index in [9.17, 15) is 4.79 Å². The molecule has 0 radical (unpaired) electrons. The van der Waals surface area contributed by atoms with Gasteiger partial charge in [-0.25, -0.2) is 0 Å². The van der Waals surface area contributed by atoms with Crippen LogP contribution in [0.2, 0.25) is 0 Å². The lowest BCUT2D eigenvalue weighted by molar-refractivity contribution is 0.0740. The van der Waals surface area contributed by atoms with Crippen LogP contribution < -0.4 is 5.73 Å². The summed E-state index contributed by atoms with van der Waals surface area (Å²) in [5, 5.41) is 0. The van der Waals surface area contributed by atoms with Gasteiger partial charge in [0.15, 0.2) is 0 Å². The molecule has 1 unspecified atom stereocenters. The number of rotatable bonds is 4. The van der Waals surface area contributed by atoms with Crippen molar-refractivity contribution in [2.24, 2.45) is 5.73 Å². The first-order valence-electron chi connectivity index (χ1n) is 5.14. The molecular formula is C11H18N2O2. The Bertz CT molecular complexity index is 333. The van der Waals surface area contributed by atoms with Crippen LogP contribution in [-0.4, -0.2) is 23.9 Å². The summed E-state index contributed by atoms with van der Waals surface area (Å²) in [5.74, 6) is 0.615. The minimum absolute atomic E-state index is 0.0206. The lowest BCUT2D eigenvalue weighted by atomic mass is 10.2. The fourth-order valence-electron chi connectivity index (χ4n) is 1.28. The summed E-state index contributed by atoms with van der Waals surface area (Å²) in [6, 6.07) is 1.93. The fraction of sp³-hybridized carbons (Fsp3) is 0.545. The Balaban J connectivity index is 2.75. The van der Waals surface area contributed by atoms with Crippen molar-refractivity contribution >= 4 is 5.91 Å². The van der Waals surface area contributed by atoms with Crippen LogP contribution in [0, 0.1) is 0 Å². The Hall–Kier alpha value is -1.29. The van der Waals surface area contributed by atoms with Gasteiger partial charge >= 0.3 is 0 Å². The molecule has 1 aromatic heterocycles. The molecule has 84 valence electrons. The van der Waals surface area contributed by atoms with Crippen LogP contribution in [0.15, 0.2) is 16.7 Å². The largest absolute Gasteiger partial charge is 0.467 e. The standard InChI is InChI=1S/C11H18N2O2/c1-4-8(2)13(3)11(14)9-5-10(6-12)15-7-9/h5,7-8H,4,6,12H2,1-3H3. The van der Waals surface area contributed by atoms with Crippen LogP contribution in [0.1, 0.15) is 36.4 Å². The van der Waals surface area contributed by atoms with Gasteiger partial charge in [-0.2, -0.15) is 0 Å². The third kappa shape index (κ3) is 2.59. The number of hydrogen-bond acceptors (Lipinski definition) is 3. The topological polar surface area (TPSA) is 59.5 Å². The Morgan fingerprint density at radius 1 is 1.67 bits per heavy atom. The van der Waals surface area contributed by atoms with E-state index < -0.39 is 0 Å².